The van der Waals surface area contributed by atoms with Crippen LogP contribution in [0.25, 0.3) is 0 Å². The Labute approximate surface area is 127 Å². The third kappa shape index (κ3) is 4.28. The van der Waals surface area contributed by atoms with Gasteiger partial charge in [0.15, 0.2) is 0 Å². The molecule has 1 fully saturated rings. The van der Waals surface area contributed by atoms with E-state index in [9.17, 15) is 13.5 Å². The van der Waals surface area contributed by atoms with E-state index in [4.69, 9.17) is 0 Å². The molecule has 0 radical (unpaired) electrons. The summed E-state index contributed by atoms with van der Waals surface area (Å²) in [5.41, 5.74) is 1.30. The van der Waals surface area contributed by atoms with Crippen molar-refractivity contribution in [3.05, 3.63) is 29.3 Å². The number of aliphatic hydroxyl groups excluding tert-OH is 1. The Kier molecular flexibility index (Phi) is 5.79. The summed E-state index contributed by atoms with van der Waals surface area (Å²) in [6.07, 6.45) is 7.65. The van der Waals surface area contributed by atoms with Gasteiger partial charge in [-0.1, -0.05) is 44.2 Å². The fraction of sp³-hybridized carbons (Fsp3) is 0.625. The molecule has 4 nitrogen and oxygen atoms in total. The Morgan fingerprint density at radius 3 is 2.38 bits per heavy atom. The second kappa shape index (κ2) is 7.38. The molecule has 0 amide bonds. The molecule has 2 rings (SSSR count). The third-order valence-corrected chi connectivity index (χ3v) is 5.95. The van der Waals surface area contributed by atoms with Gasteiger partial charge in [-0.2, -0.15) is 0 Å². The van der Waals surface area contributed by atoms with E-state index < -0.39 is 10.0 Å². The highest BCUT2D eigenvalue weighted by atomic mass is 32.2. The van der Waals surface area contributed by atoms with Crippen LogP contribution in [0.5, 0.6) is 0 Å². The van der Waals surface area contributed by atoms with Gasteiger partial charge in [-0.25, -0.2) is 13.1 Å². The first-order chi connectivity index (χ1) is 10.0. The van der Waals surface area contributed by atoms with Gasteiger partial charge in [-0.15, -0.1) is 0 Å². The van der Waals surface area contributed by atoms with Gasteiger partial charge in [-0.3, -0.25) is 0 Å². The van der Waals surface area contributed by atoms with Crippen molar-refractivity contribution in [2.24, 2.45) is 0 Å². The molecule has 0 atom stereocenters. The summed E-state index contributed by atoms with van der Waals surface area (Å²) in [6.45, 7) is 1.61. The van der Waals surface area contributed by atoms with Crippen molar-refractivity contribution in [1.82, 2.24) is 4.72 Å². The van der Waals surface area contributed by atoms with Crippen LogP contribution in [0, 0.1) is 6.92 Å². The number of benzene rings is 1. The first-order valence-corrected chi connectivity index (χ1v) is 9.24. The molecule has 1 aliphatic carbocycles. The van der Waals surface area contributed by atoms with Crippen LogP contribution in [0.4, 0.5) is 0 Å². The summed E-state index contributed by atoms with van der Waals surface area (Å²) in [6, 6.07) is 5.09. The summed E-state index contributed by atoms with van der Waals surface area (Å²) in [7, 11) is -3.51. The highest BCUT2D eigenvalue weighted by Gasteiger charge is 2.22. The zero-order chi connectivity index (χ0) is 15.3. The van der Waals surface area contributed by atoms with Crippen molar-refractivity contribution in [2.75, 3.05) is 0 Å². The molecule has 2 N–H and O–H groups in total. The molecule has 0 spiro atoms. The van der Waals surface area contributed by atoms with Crippen LogP contribution >= 0.6 is 0 Å². The normalized spacial score (nSPS) is 18.2. The van der Waals surface area contributed by atoms with Crippen LogP contribution in [-0.2, 0) is 16.6 Å². The van der Waals surface area contributed by atoms with Gasteiger partial charge in [0.2, 0.25) is 10.0 Å². The maximum Gasteiger partial charge on any atom is 0.241 e. The topological polar surface area (TPSA) is 66.4 Å². The van der Waals surface area contributed by atoms with Crippen molar-refractivity contribution >= 4 is 10.0 Å². The minimum Gasteiger partial charge on any atom is -0.392 e. The smallest absolute Gasteiger partial charge is 0.241 e. The van der Waals surface area contributed by atoms with Gasteiger partial charge >= 0.3 is 0 Å². The lowest BCUT2D eigenvalue weighted by Crippen LogP contribution is -2.35. The van der Waals surface area contributed by atoms with Crippen molar-refractivity contribution in [3.63, 3.8) is 0 Å². The molecule has 0 aromatic heterocycles. The van der Waals surface area contributed by atoms with Crippen LogP contribution < -0.4 is 4.72 Å². The standard InChI is InChI=1S/C16H25NO3S/c1-13-14(12-18)8-7-11-16(13)21(19,20)17-15-9-5-3-2-4-6-10-15/h7-8,11,15,17-18H,2-6,9-10,12H2,1H3. The molecule has 1 saturated carbocycles. The molecule has 21 heavy (non-hydrogen) atoms. The minimum atomic E-state index is -3.51. The van der Waals surface area contributed by atoms with Gasteiger partial charge in [0.1, 0.15) is 0 Å². The fourth-order valence-corrected chi connectivity index (χ4v) is 4.57. The van der Waals surface area contributed by atoms with Crippen molar-refractivity contribution in [1.29, 1.82) is 0 Å². The highest BCUT2D eigenvalue weighted by molar-refractivity contribution is 7.89. The van der Waals surface area contributed by atoms with E-state index in [0.29, 0.717) is 11.1 Å². The maximum atomic E-state index is 12.6. The number of aliphatic hydroxyl groups is 1. The maximum absolute atomic E-state index is 12.6. The molecule has 0 bridgehead atoms. The van der Waals surface area contributed by atoms with E-state index in [1.165, 1.54) is 19.3 Å². The lowest BCUT2D eigenvalue weighted by Gasteiger charge is -2.21. The molecular weight excluding hydrogens is 286 g/mol. The van der Waals surface area contributed by atoms with Gasteiger partial charge < -0.3 is 5.11 Å². The molecule has 0 heterocycles. The summed E-state index contributed by atoms with van der Waals surface area (Å²) < 4.78 is 28.1. The summed E-state index contributed by atoms with van der Waals surface area (Å²) >= 11 is 0. The van der Waals surface area contributed by atoms with Gasteiger partial charge in [-0.05, 0) is 37.0 Å². The van der Waals surface area contributed by atoms with Crippen LogP contribution in [0.2, 0.25) is 0 Å². The van der Waals surface area contributed by atoms with Crippen LogP contribution in [0.15, 0.2) is 23.1 Å². The summed E-state index contributed by atoms with van der Waals surface area (Å²) in [5.74, 6) is 0. The van der Waals surface area contributed by atoms with Crippen LogP contribution in [-0.4, -0.2) is 19.6 Å². The van der Waals surface area contributed by atoms with E-state index >= 15 is 0 Å². The van der Waals surface area contributed by atoms with Gasteiger partial charge in [0, 0.05) is 6.04 Å². The first-order valence-electron chi connectivity index (χ1n) is 7.76. The van der Waals surface area contributed by atoms with E-state index in [1.807, 2.05) is 0 Å². The van der Waals surface area contributed by atoms with E-state index in [-0.39, 0.29) is 17.5 Å². The minimum absolute atomic E-state index is 0.0347. The second-order valence-electron chi connectivity index (χ2n) is 5.86. The third-order valence-electron chi connectivity index (χ3n) is 4.28. The quantitative estimate of drug-likeness (QED) is 0.898. The fourth-order valence-electron chi connectivity index (χ4n) is 2.98. The van der Waals surface area contributed by atoms with E-state index in [0.717, 1.165) is 25.7 Å². The zero-order valence-corrected chi connectivity index (χ0v) is 13.5. The predicted molar refractivity (Wildman–Crippen MR) is 83.5 cm³/mol. The van der Waals surface area contributed by atoms with Crippen molar-refractivity contribution in [3.8, 4) is 0 Å². The number of sulfonamides is 1. The Hall–Kier alpha value is -0.910. The van der Waals surface area contributed by atoms with Crippen LogP contribution in [0.1, 0.15) is 56.1 Å². The van der Waals surface area contributed by atoms with Gasteiger partial charge in [0.05, 0.1) is 11.5 Å². The molecule has 1 aromatic rings. The molecule has 0 aliphatic heterocycles. The van der Waals surface area contributed by atoms with Gasteiger partial charge in [0.25, 0.3) is 0 Å². The van der Waals surface area contributed by atoms with Crippen LogP contribution in [0.3, 0.4) is 0 Å². The Morgan fingerprint density at radius 2 is 1.76 bits per heavy atom. The van der Waals surface area contributed by atoms with Crippen molar-refractivity contribution < 1.29 is 13.5 Å². The number of rotatable bonds is 4. The Morgan fingerprint density at radius 1 is 1.14 bits per heavy atom. The largest absolute Gasteiger partial charge is 0.392 e. The highest BCUT2D eigenvalue weighted by Crippen LogP contribution is 2.22. The summed E-state index contributed by atoms with van der Waals surface area (Å²) in [4.78, 5) is 0.288. The lowest BCUT2D eigenvalue weighted by molar-refractivity contribution is 0.280. The first kappa shape index (κ1) is 16.5. The van der Waals surface area contributed by atoms with E-state index in [1.54, 1.807) is 25.1 Å². The molecule has 1 aliphatic rings. The number of nitrogens with one attached hydrogen (secondary N) is 1. The lowest BCUT2D eigenvalue weighted by atomic mass is 9.97. The predicted octanol–water partition coefficient (Wildman–Crippen LogP) is 2.88. The average Bonchev–Trinajstić information content (AvgIpc) is 2.41. The Balaban J connectivity index is 2.17. The van der Waals surface area contributed by atoms with E-state index in [2.05, 4.69) is 4.72 Å². The Bertz CT molecular complexity index is 561. The SMILES string of the molecule is Cc1c(CO)cccc1S(=O)(=O)NC1CCCCCCC1. The monoisotopic (exact) mass is 311 g/mol. The second-order valence-corrected chi connectivity index (χ2v) is 7.54. The molecule has 0 saturated heterocycles. The summed E-state index contributed by atoms with van der Waals surface area (Å²) in [5, 5.41) is 9.28. The molecule has 118 valence electrons. The molecule has 1 aromatic carbocycles. The van der Waals surface area contributed by atoms with Crippen molar-refractivity contribution in [2.45, 2.75) is 69.4 Å². The average molecular weight is 311 g/mol. The molecule has 0 unspecified atom stereocenters. The molecular formula is C16H25NO3S. The number of hydrogen-bond acceptors (Lipinski definition) is 3. The molecule has 5 heteroatoms. The zero-order valence-electron chi connectivity index (χ0n) is 12.6. The number of hydrogen-bond donors (Lipinski definition) is 2.